The van der Waals surface area contributed by atoms with Crippen LogP contribution in [0, 0.1) is 17.5 Å². The molecule has 0 fully saturated rings. The van der Waals surface area contributed by atoms with Crippen LogP contribution in [0.15, 0.2) is 54.6 Å². The molecule has 0 spiro atoms. The molecule has 0 bridgehead atoms. The zero-order chi connectivity index (χ0) is 24.1. The molecular weight excluding hydrogens is 455 g/mol. The molecule has 170 valence electrons. The predicted octanol–water partition coefficient (Wildman–Crippen LogP) is 2.97. The molecule has 1 atom stereocenters. The lowest BCUT2D eigenvalue weighted by Gasteiger charge is -2.29. The number of halogens is 6. The molecule has 0 unspecified atom stereocenters. The summed E-state index contributed by atoms with van der Waals surface area (Å²) in [5.74, 6) is -5.27. The highest BCUT2D eigenvalue weighted by Gasteiger charge is 2.51. The first-order valence-corrected chi connectivity index (χ1v) is 9.27. The number of nitrogens with one attached hydrogen (secondary N) is 1. The molecule has 12 heteroatoms. The third kappa shape index (κ3) is 3.70. The summed E-state index contributed by atoms with van der Waals surface area (Å²) in [4.78, 5) is 13.2. The van der Waals surface area contributed by atoms with Gasteiger partial charge in [-0.05, 0) is 35.4 Å². The second-order valence-electron chi connectivity index (χ2n) is 7.17. The Kier molecular flexibility index (Phi) is 5.37. The topological polar surface area (TPSA) is 78.8 Å². The Morgan fingerprint density at radius 3 is 2.09 bits per heavy atom. The molecule has 1 aliphatic rings. The van der Waals surface area contributed by atoms with E-state index in [2.05, 4.69) is 10.1 Å². The van der Waals surface area contributed by atoms with Gasteiger partial charge in [-0.2, -0.15) is 0 Å². The minimum absolute atomic E-state index is 0.00372. The summed E-state index contributed by atoms with van der Waals surface area (Å²) < 4.78 is 84.3. The van der Waals surface area contributed by atoms with Crippen LogP contribution < -0.4 is 15.5 Å². The maximum absolute atomic E-state index is 14.6. The van der Waals surface area contributed by atoms with Crippen LogP contribution in [0.4, 0.5) is 32.0 Å². The minimum atomic E-state index is -4.97. The van der Waals surface area contributed by atoms with E-state index in [-0.39, 0.29) is 16.7 Å². The molecule has 0 radical (unpaired) electrons. The van der Waals surface area contributed by atoms with Crippen molar-refractivity contribution >= 4 is 24.2 Å². The summed E-state index contributed by atoms with van der Waals surface area (Å²) in [6.07, 6.45) is -4.97. The monoisotopic (exact) mass is 467 g/mol. The predicted molar refractivity (Wildman–Crippen MR) is 104 cm³/mol. The number of alkyl halides is 3. The third-order valence-electron chi connectivity index (χ3n) is 5.31. The van der Waals surface area contributed by atoms with E-state index in [1.165, 1.54) is 6.07 Å². The Hall–Kier alpha value is -3.51. The largest absolute Gasteiger partial charge is 0.573 e. The Bertz CT molecular complexity index is 1250. The maximum atomic E-state index is 14.6. The van der Waals surface area contributed by atoms with E-state index >= 15 is 0 Å². The van der Waals surface area contributed by atoms with Crippen LogP contribution in [0.5, 0.6) is 5.75 Å². The summed E-state index contributed by atoms with van der Waals surface area (Å²) >= 11 is 0. The van der Waals surface area contributed by atoms with Crippen LogP contribution >= 0.6 is 0 Å². The molecule has 0 saturated carbocycles. The third-order valence-corrected chi connectivity index (χ3v) is 5.31. The van der Waals surface area contributed by atoms with Crippen LogP contribution in [0.1, 0.15) is 16.7 Å². The second kappa shape index (κ2) is 7.82. The number of anilines is 1. The minimum Gasteiger partial charge on any atom is -0.423 e. The van der Waals surface area contributed by atoms with Crippen LogP contribution in [-0.4, -0.2) is 29.4 Å². The number of hydrogen-bond donors (Lipinski definition) is 3. The second-order valence-corrected chi connectivity index (χ2v) is 7.17. The van der Waals surface area contributed by atoms with Crippen molar-refractivity contribution in [3.63, 3.8) is 0 Å². The van der Waals surface area contributed by atoms with Gasteiger partial charge in [0.15, 0.2) is 11.6 Å². The summed E-state index contributed by atoms with van der Waals surface area (Å²) in [5, 5.41) is 20.8. The Morgan fingerprint density at radius 2 is 1.52 bits per heavy atom. The summed E-state index contributed by atoms with van der Waals surface area (Å²) in [7, 11) is -2.16. The lowest BCUT2D eigenvalue weighted by Crippen LogP contribution is -2.39. The normalized spacial score (nSPS) is 17.5. The van der Waals surface area contributed by atoms with Gasteiger partial charge in [0, 0.05) is 11.0 Å². The molecule has 1 aliphatic heterocycles. The average Bonchev–Trinajstić information content (AvgIpc) is 3.03. The highest BCUT2D eigenvalue weighted by molar-refractivity contribution is 6.58. The molecule has 3 N–H and O–H groups in total. The van der Waals surface area contributed by atoms with Crippen molar-refractivity contribution in [2.24, 2.45) is 0 Å². The fourth-order valence-electron chi connectivity index (χ4n) is 3.93. The smallest absolute Gasteiger partial charge is 0.423 e. The number of fused-ring (bicyclic) bond motifs is 1. The summed E-state index contributed by atoms with van der Waals surface area (Å²) in [6.45, 7) is 0. The number of hydrogen-bond acceptors (Lipinski definition) is 4. The summed E-state index contributed by atoms with van der Waals surface area (Å²) in [5.41, 5.74) is -3.26. The van der Waals surface area contributed by atoms with Gasteiger partial charge in [0.1, 0.15) is 17.0 Å². The fourth-order valence-corrected chi connectivity index (χ4v) is 3.93. The molecule has 3 aromatic rings. The number of rotatable bonds is 4. The molecule has 1 heterocycles. The lowest BCUT2D eigenvalue weighted by molar-refractivity contribution is -0.274. The Labute approximate surface area is 182 Å². The van der Waals surface area contributed by atoms with Crippen molar-refractivity contribution < 1.29 is 45.9 Å². The van der Waals surface area contributed by atoms with Crippen molar-refractivity contribution in [1.29, 1.82) is 0 Å². The molecule has 33 heavy (non-hydrogen) atoms. The van der Waals surface area contributed by atoms with Crippen LogP contribution in [0.2, 0.25) is 0 Å². The molecule has 5 nitrogen and oxygen atoms in total. The first-order chi connectivity index (χ1) is 15.4. The highest BCUT2D eigenvalue weighted by Crippen LogP contribution is 2.49. The lowest BCUT2D eigenvalue weighted by atomic mass is 9.69. The highest BCUT2D eigenvalue weighted by atomic mass is 19.4. The molecule has 4 rings (SSSR count). The molecule has 0 saturated heterocycles. The van der Waals surface area contributed by atoms with Gasteiger partial charge in [-0.3, -0.25) is 4.79 Å². The van der Waals surface area contributed by atoms with E-state index in [0.29, 0.717) is 0 Å². The maximum Gasteiger partial charge on any atom is 0.573 e. The number of ether oxygens (including phenoxy) is 1. The molecule has 3 aromatic carbocycles. The zero-order valence-electron chi connectivity index (χ0n) is 16.3. The summed E-state index contributed by atoms with van der Waals surface area (Å²) in [6, 6.07) is 8.86. The van der Waals surface area contributed by atoms with Gasteiger partial charge in [0.25, 0.3) is 0 Å². The van der Waals surface area contributed by atoms with E-state index in [4.69, 9.17) is 0 Å². The van der Waals surface area contributed by atoms with Gasteiger partial charge in [-0.25, -0.2) is 13.2 Å². The molecular formula is C21H12BF6NO4. The van der Waals surface area contributed by atoms with Gasteiger partial charge >= 0.3 is 13.5 Å². The average molecular weight is 467 g/mol. The SMILES string of the molecule is O=C1Nc2c(ccc(F)c2F)[C@@]1(c1ccc(OC(F)(F)F)cc1)c1ccc(B(O)O)c(F)c1. The van der Waals surface area contributed by atoms with E-state index in [9.17, 15) is 41.2 Å². The van der Waals surface area contributed by atoms with Gasteiger partial charge in [0.2, 0.25) is 5.91 Å². The van der Waals surface area contributed by atoms with Crippen LogP contribution in [0.3, 0.4) is 0 Å². The van der Waals surface area contributed by atoms with Crippen molar-refractivity contribution in [1.82, 2.24) is 0 Å². The van der Waals surface area contributed by atoms with E-state index < -0.39 is 59.2 Å². The van der Waals surface area contributed by atoms with Gasteiger partial charge in [-0.15, -0.1) is 13.2 Å². The number of carbonyl (C=O) groups excluding carboxylic acids is 1. The number of benzene rings is 3. The van der Waals surface area contributed by atoms with Crippen molar-refractivity contribution in [2.45, 2.75) is 11.8 Å². The molecule has 1 amide bonds. The van der Waals surface area contributed by atoms with Gasteiger partial charge in [-0.1, -0.05) is 30.3 Å². The van der Waals surface area contributed by atoms with Gasteiger partial charge in [0.05, 0.1) is 5.69 Å². The quantitative estimate of drug-likeness (QED) is 0.408. The first-order valence-electron chi connectivity index (χ1n) is 9.27. The fraction of sp³-hybridized carbons (Fsp3) is 0.0952. The van der Waals surface area contributed by atoms with E-state index in [1.807, 2.05) is 0 Å². The Balaban J connectivity index is 1.97. The van der Waals surface area contributed by atoms with Gasteiger partial charge < -0.3 is 20.1 Å². The van der Waals surface area contributed by atoms with Crippen LogP contribution in [0.25, 0.3) is 0 Å². The standard InChI is InChI=1S/C21H12BF6NO4/c23-15-8-6-13-18(17(15)25)29-19(30)20(13,11-3-7-14(22(31)32)16(24)9-11)10-1-4-12(5-2-10)33-21(26,27)28/h1-9,31-32H,(H,29,30)/t20-/m1/s1. The van der Waals surface area contributed by atoms with Crippen molar-refractivity contribution in [3.05, 3.63) is 88.7 Å². The molecule has 0 aliphatic carbocycles. The van der Waals surface area contributed by atoms with Crippen molar-refractivity contribution in [3.8, 4) is 5.75 Å². The van der Waals surface area contributed by atoms with E-state index in [0.717, 1.165) is 48.5 Å². The van der Waals surface area contributed by atoms with Crippen molar-refractivity contribution in [2.75, 3.05) is 5.32 Å². The number of carbonyl (C=O) groups is 1. The zero-order valence-corrected chi connectivity index (χ0v) is 16.3. The Morgan fingerprint density at radius 1 is 0.879 bits per heavy atom. The first kappa shape index (κ1) is 22.7. The van der Waals surface area contributed by atoms with Crippen LogP contribution in [-0.2, 0) is 10.2 Å². The number of amides is 1. The van der Waals surface area contributed by atoms with E-state index in [1.54, 1.807) is 0 Å². The molecule has 0 aromatic heterocycles.